The number of oxime groups is 1. The van der Waals surface area contributed by atoms with Gasteiger partial charge in [0.15, 0.2) is 10.8 Å². The van der Waals surface area contributed by atoms with Crippen LogP contribution in [0.2, 0.25) is 0 Å². The zero-order valence-corrected chi connectivity index (χ0v) is 27.0. The molecule has 2 fully saturated rings. The molecular weight excluding hydrogens is 660 g/mol. The Morgan fingerprint density at radius 2 is 2.06 bits per heavy atom. The number of pyridine rings is 1. The van der Waals surface area contributed by atoms with Crippen molar-refractivity contribution in [2.45, 2.75) is 31.5 Å². The lowest BCUT2D eigenvalue weighted by molar-refractivity contribution is -0.656. The molecule has 1 aromatic carbocycles. The number of amides is 2. The van der Waals surface area contributed by atoms with Gasteiger partial charge in [-0.15, -0.1) is 15.6 Å². The summed E-state index contributed by atoms with van der Waals surface area (Å²) in [5, 5.41) is 26.3. The first kappa shape index (κ1) is 33.7. The first-order valence-electron chi connectivity index (χ1n) is 14.1. The quantitative estimate of drug-likeness (QED) is 0.0407. The van der Waals surface area contributed by atoms with Crippen LogP contribution in [0.5, 0.6) is 5.75 Å². The molecule has 2 aromatic heterocycles. The van der Waals surface area contributed by atoms with Crippen LogP contribution in [-0.2, 0) is 41.0 Å². The number of anilines is 2. The summed E-state index contributed by atoms with van der Waals surface area (Å²) in [6.45, 7) is 4.99. The van der Waals surface area contributed by atoms with Crippen molar-refractivity contribution >= 4 is 67.0 Å². The number of benzene rings is 1. The number of carbonyl (C=O) groups excluding carboxylic acids is 2. The van der Waals surface area contributed by atoms with Crippen molar-refractivity contribution in [1.29, 1.82) is 0 Å². The number of aromatic nitrogens is 2. The van der Waals surface area contributed by atoms with Crippen molar-refractivity contribution in [3.63, 3.8) is 0 Å². The highest BCUT2D eigenvalue weighted by Crippen LogP contribution is 2.33. The summed E-state index contributed by atoms with van der Waals surface area (Å²) in [6.07, 6.45) is 0.229. The van der Waals surface area contributed by atoms with Gasteiger partial charge in [0.2, 0.25) is 0 Å². The molecule has 2 atom stereocenters. The number of carboxylic acid groups (broad SMARTS) is 1. The fourth-order valence-corrected chi connectivity index (χ4v) is 5.85. The summed E-state index contributed by atoms with van der Waals surface area (Å²) in [6, 6.07) is 5.90. The zero-order chi connectivity index (χ0) is 34.1. The molecule has 18 nitrogen and oxygen atoms in total. The summed E-state index contributed by atoms with van der Waals surface area (Å²) in [5.74, 6) is -1.59. The third-order valence-corrected chi connectivity index (χ3v) is 8.59. The minimum Gasteiger partial charge on any atom is -0.489 e. The Morgan fingerprint density at radius 3 is 2.66 bits per heavy atom. The molecule has 2 aliphatic rings. The standard InChI is InChI=1S/C27H32N8O10S2/c1-27(2)21(24(37)35(27)45-47(40,41)42)32-23(36)20(18-13-46-26(28)31-18)33-44-19(25(38)39)12-43-16-4-5-17-15(8-16)6-7-34(3)22(17)30-11-14-9-29-10-14/h4-8,13-14,19,21,29H,9-12H2,1-3H3,(H5,28,31,32,36,38,39,40,41,42)/p+1/b33-20-/t19-,21?/m0/s1. The van der Waals surface area contributed by atoms with E-state index in [0.29, 0.717) is 16.7 Å². The predicted molar refractivity (Wildman–Crippen MR) is 167 cm³/mol. The average molecular weight is 694 g/mol. The third kappa shape index (κ3) is 7.52. The Hall–Kier alpha value is -4.63. The van der Waals surface area contributed by atoms with Gasteiger partial charge in [-0.3, -0.25) is 19.5 Å². The molecule has 2 amide bonds. The van der Waals surface area contributed by atoms with Crippen LogP contribution < -0.4 is 31.0 Å². The minimum atomic E-state index is -5.01. The number of carboxylic acids is 1. The monoisotopic (exact) mass is 693 g/mol. The number of fused-ring (bicyclic) bond motifs is 1. The smallest absolute Gasteiger partial charge is 0.418 e. The second-order valence-corrected chi connectivity index (χ2v) is 13.3. The summed E-state index contributed by atoms with van der Waals surface area (Å²) in [5.41, 5.74) is 3.70. The van der Waals surface area contributed by atoms with E-state index in [1.54, 1.807) is 12.1 Å². The average Bonchev–Trinajstić information content (AvgIpc) is 3.41. The van der Waals surface area contributed by atoms with E-state index in [9.17, 15) is 27.9 Å². The molecular formula is C27H33N8O10S2+. The summed E-state index contributed by atoms with van der Waals surface area (Å²) in [4.78, 5) is 47.1. The summed E-state index contributed by atoms with van der Waals surface area (Å²) in [7, 11) is -3.08. The number of rotatable bonds is 14. The van der Waals surface area contributed by atoms with Crippen LogP contribution in [0.25, 0.3) is 10.8 Å². The normalized spacial score (nSPS) is 18.6. The van der Waals surface area contributed by atoms with Gasteiger partial charge < -0.3 is 31.0 Å². The predicted octanol–water partition coefficient (Wildman–Crippen LogP) is -0.573. The third-order valence-electron chi connectivity index (χ3n) is 7.58. The molecule has 2 saturated heterocycles. The van der Waals surface area contributed by atoms with Gasteiger partial charge in [-0.2, -0.15) is 13.5 Å². The number of nitrogens with one attached hydrogen (secondary N) is 3. The number of hydrogen-bond acceptors (Lipinski definition) is 14. The highest BCUT2D eigenvalue weighted by molar-refractivity contribution is 7.80. The topological polar surface area (TPSA) is 248 Å². The Kier molecular flexibility index (Phi) is 9.50. The van der Waals surface area contributed by atoms with Crippen molar-refractivity contribution in [3.05, 3.63) is 41.5 Å². The number of thiazole rings is 1. The van der Waals surface area contributed by atoms with Crippen LogP contribution in [0.15, 0.2) is 41.0 Å². The first-order chi connectivity index (χ1) is 22.1. The molecule has 0 saturated carbocycles. The molecule has 5 rings (SSSR count). The van der Waals surface area contributed by atoms with Gasteiger partial charge in [-0.1, -0.05) is 5.16 Å². The lowest BCUT2D eigenvalue weighted by Crippen LogP contribution is -2.76. The van der Waals surface area contributed by atoms with Gasteiger partial charge in [0.1, 0.15) is 24.1 Å². The number of hydroxylamine groups is 2. The second-order valence-electron chi connectivity index (χ2n) is 11.4. The molecule has 20 heteroatoms. The van der Waals surface area contributed by atoms with E-state index in [1.807, 2.05) is 29.9 Å². The number of aryl methyl sites for hydroxylation is 1. The van der Waals surface area contributed by atoms with Gasteiger partial charge in [0, 0.05) is 24.4 Å². The number of nitrogen functional groups attached to an aromatic ring is 1. The van der Waals surface area contributed by atoms with Crippen molar-refractivity contribution in [1.82, 2.24) is 20.7 Å². The zero-order valence-electron chi connectivity index (χ0n) is 25.4. The number of carbonyl (C=O) groups is 3. The van der Waals surface area contributed by atoms with E-state index >= 15 is 0 Å². The van der Waals surface area contributed by atoms with Gasteiger partial charge >= 0.3 is 16.4 Å². The molecule has 1 unspecified atom stereocenters. The fraction of sp³-hybridized carbons (Fsp3) is 0.407. The van der Waals surface area contributed by atoms with Crippen LogP contribution in [0.1, 0.15) is 19.5 Å². The highest BCUT2D eigenvalue weighted by Gasteiger charge is 2.58. The number of aliphatic carboxylic acids is 1. The van der Waals surface area contributed by atoms with Crippen LogP contribution >= 0.6 is 11.3 Å². The van der Waals surface area contributed by atoms with E-state index in [-0.39, 0.29) is 10.8 Å². The number of hydrogen-bond donors (Lipinski definition) is 6. The Balaban J connectivity index is 1.29. The maximum atomic E-state index is 13.3. The Bertz CT molecular complexity index is 1840. The van der Waals surface area contributed by atoms with E-state index in [4.69, 9.17) is 19.9 Å². The van der Waals surface area contributed by atoms with Crippen LogP contribution in [0.4, 0.5) is 10.9 Å². The fourth-order valence-electron chi connectivity index (χ4n) is 4.85. The summed E-state index contributed by atoms with van der Waals surface area (Å²) < 4.78 is 43.2. The molecule has 252 valence electrons. The highest BCUT2D eigenvalue weighted by atomic mass is 32.3. The van der Waals surface area contributed by atoms with Crippen LogP contribution in [0.3, 0.4) is 0 Å². The van der Waals surface area contributed by atoms with Crippen LogP contribution in [0, 0.1) is 5.92 Å². The van der Waals surface area contributed by atoms with E-state index in [2.05, 4.69) is 30.4 Å². The molecule has 47 heavy (non-hydrogen) atoms. The molecule has 0 spiro atoms. The van der Waals surface area contributed by atoms with E-state index < -0.39 is 58.2 Å². The lowest BCUT2D eigenvalue weighted by Gasteiger charge is -2.50. The van der Waals surface area contributed by atoms with Gasteiger partial charge in [-0.05, 0) is 43.5 Å². The van der Waals surface area contributed by atoms with Crippen molar-refractivity contribution in [2.75, 3.05) is 37.3 Å². The molecule has 2 aliphatic heterocycles. The second kappa shape index (κ2) is 13.2. The SMILES string of the molecule is C[n+]1ccc2cc(OC[C@H](O/N=C(\C(=O)NC3C(=O)N(OS(=O)(=O)O)C3(C)C)c3csc(N)n3)C(=O)O)ccc2c1NCC1CNC1. The van der Waals surface area contributed by atoms with Crippen molar-refractivity contribution < 1.29 is 50.9 Å². The molecule has 0 bridgehead atoms. The molecule has 4 heterocycles. The first-order valence-corrected chi connectivity index (χ1v) is 16.4. The van der Waals surface area contributed by atoms with Crippen LogP contribution in [-0.4, -0.2) is 95.5 Å². The maximum absolute atomic E-state index is 13.3. The molecule has 7 N–H and O–H groups in total. The summed E-state index contributed by atoms with van der Waals surface area (Å²) >= 11 is 0.966. The maximum Gasteiger partial charge on any atom is 0.418 e. The number of ether oxygens (including phenoxy) is 1. The largest absolute Gasteiger partial charge is 0.489 e. The van der Waals surface area contributed by atoms with Gasteiger partial charge in [-0.25, -0.2) is 14.3 Å². The van der Waals surface area contributed by atoms with E-state index in [1.165, 1.54) is 19.2 Å². The van der Waals surface area contributed by atoms with Crippen molar-refractivity contribution in [3.8, 4) is 5.75 Å². The minimum absolute atomic E-state index is 0.0645. The van der Waals surface area contributed by atoms with Crippen molar-refractivity contribution in [2.24, 2.45) is 18.1 Å². The number of nitrogens with two attached hydrogens (primary N) is 1. The van der Waals surface area contributed by atoms with E-state index in [0.717, 1.165) is 47.6 Å². The Morgan fingerprint density at radius 1 is 1.32 bits per heavy atom. The Labute approximate surface area is 272 Å². The number of nitrogens with zero attached hydrogens (tertiary/aromatic N) is 4. The van der Waals surface area contributed by atoms with Gasteiger partial charge in [0.25, 0.3) is 23.7 Å². The molecule has 3 aromatic rings. The lowest BCUT2D eigenvalue weighted by atomic mass is 9.84. The molecule has 0 radical (unpaired) electrons. The van der Waals surface area contributed by atoms with Gasteiger partial charge in [0.05, 0.1) is 30.7 Å². The molecule has 0 aliphatic carbocycles. The number of β-lactam (4-membered cyclic amide) rings is 1.